The van der Waals surface area contributed by atoms with Gasteiger partial charge in [-0.1, -0.05) is 74.5 Å². The molecule has 4 rings (SSSR count). The third kappa shape index (κ3) is 4.33. The van der Waals surface area contributed by atoms with Gasteiger partial charge in [-0.15, -0.1) is 0 Å². The topological polar surface area (TPSA) is 29.5 Å². The zero-order valence-corrected chi connectivity index (χ0v) is 16.9. The molecule has 0 amide bonds. The molecule has 0 aliphatic carbocycles. The molecule has 29 heavy (non-hydrogen) atoms. The van der Waals surface area contributed by atoms with Gasteiger partial charge in [-0.25, -0.2) is 0 Å². The van der Waals surface area contributed by atoms with Gasteiger partial charge < -0.3 is 9.84 Å². The third-order valence-electron chi connectivity index (χ3n) is 5.56. The number of hydrogen-bond donors (Lipinski definition) is 1. The molecular formula is C27H26O2. The van der Waals surface area contributed by atoms with Gasteiger partial charge >= 0.3 is 0 Å². The summed E-state index contributed by atoms with van der Waals surface area (Å²) < 4.78 is 6.03. The minimum atomic E-state index is -0.698. The first-order chi connectivity index (χ1) is 14.1. The molecule has 146 valence electrons. The van der Waals surface area contributed by atoms with Crippen LogP contribution < -0.4 is 4.74 Å². The van der Waals surface area contributed by atoms with Crippen molar-refractivity contribution in [1.29, 1.82) is 0 Å². The van der Waals surface area contributed by atoms with Crippen LogP contribution in [0, 0.1) is 0 Å². The number of rotatable bonds is 6. The molecular weight excluding hydrogens is 356 g/mol. The maximum absolute atomic E-state index is 10.9. The fourth-order valence-corrected chi connectivity index (χ4v) is 3.55. The van der Waals surface area contributed by atoms with Crippen molar-refractivity contribution in [2.75, 3.05) is 0 Å². The molecule has 2 unspecified atom stereocenters. The van der Waals surface area contributed by atoms with E-state index in [4.69, 9.17) is 4.74 Å². The molecule has 4 aromatic rings. The van der Waals surface area contributed by atoms with E-state index in [-0.39, 0.29) is 0 Å². The Morgan fingerprint density at radius 2 is 1.38 bits per heavy atom. The second kappa shape index (κ2) is 8.50. The van der Waals surface area contributed by atoms with Crippen LogP contribution in [0.4, 0.5) is 0 Å². The lowest BCUT2D eigenvalue weighted by molar-refractivity contribution is 0.220. The van der Waals surface area contributed by atoms with Crippen LogP contribution in [0.3, 0.4) is 0 Å². The normalized spacial score (nSPS) is 13.2. The zero-order valence-electron chi connectivity index (χ0n) is 16.9. The molecule has 0 fully saturated rings. The molecule has 0 saturated heterocycles. The highest BCUT2D eigenvalue weighted by Crippen LogP contribution is 2.30. The van der Waals surface area contributed by atoms with Gasteiger partial charge in [-0.2, -0.15) is 0 Å². The largest absolute Gasteiger partial charge is 0.457 e. The smallest absolute Gasteiger partial charge is 0.127 e. The summed E-state index contributed by atoms with van der Waals surface area (Å²) in [7, 11) is 0. The van der Waals surface area contributed by atoms with Gasteiger partial charge in [-0.3, -0.25) is 0 Å². The van der Waals surface area contributed by atoms with Crippen molar-refractivity contribution in [3.8, 4) is 11.5 Å². The Morgan fingerprint density at radius 1 is 0.690 bits per heavy atom. The highest BCUT2D eigenvalue weighted by molar-refractivity contribution is 5.83. The predicted octanol–water partition coefficient (Wildman–Crippen LogP) is 7.23. The van der Waals surface area contributed by atoms with E-state index >= 15 is 0 Å². The molecule has 0 bridgehead atoms. The Kier molecular flexibility index (Phi) is 5.64. The molecule has 0 radical (unpaired) electrons. The lowest BCUT2D eigenvalue weighted by Gasteiger charge is -2.15. The van der Waals surface area contributed by atoms with Gasteiger partial charge in [0.05, 0.1) is 0 Å². The number of benzene rings is 4. The van der Waals surface area contributed by atoms with E-state index in [1.165, 1.54) is 10.9 Å². The Labute approximate surface area is 172 Å². The van der Waals surface area contributed by atoms with Crippen molar-refractivity contribution in [2.45, 2.75) is 32.3 Å². The lowest BCUT2D eigenvalue weighted by atomic mass is 9.98. The van der Waals surface area contributed by atoms with Crippen LogP contribution in [0.15, 0.2) is 91.0 Å². The second-order valence-electron chi connectivity index (χ2n) is 7.56. The van der Waals surface area contributed by atoms with E-state index < -0.39 is 6.10 Å². The highest BCUT2D eigenvalue weighted by Gasteiger charge is 2.12. The van der Waals surface area contributed by atoms with Gasteiger partial charge in [-0.05, 0) is 70.1 Å². The summed E-state index contributed by atoms with van der Waals surface area (Å²) in [4.78, 5) is 0. The molecule has 0 spiro atoms. The van der Waals surface area contributed by atoms with Gasteiger partial charge in [0, 0.05) is 0 Å². The van der Waals surface area contributed by atoms with Crippen LogP contribution in [0.5, 0.6) is 11.5 Å². The van der Waals surface area contributed by atoms with E-state index in [0.717, 1.165) is 34.4 Å². The second-order valence-corrected chi connectivity index (χ2v) is 7.56. The molecule has 0 aromatic heterocycles. The summed E-state index contributed by atoms with van der Waals surface area (Å²) in [6, 6.07) is 30.2. The Balaban J connectivity index is 1.54. The van der Waals surface area contributed by atoms with Crippen molar-refractivity contribution < 1.29 is 9.84 Å². The summed E-state index contributed by atoms with van der Waals surface area (Å²) in [6.45, 7) is 4.43. The first-order valence-electron chi connectivity index (χ1n) is 10.2. The Morgan fingerprint density at radius 3 is 2.14 bits per heavy atom. The number of aliphatic hydroxyl groups is 1. The van der Waals surface area contributed by atoms with E-state index in [1.807, 2.05) is 66.7 Å². The number of aliphatic hydroxyl groups excluding tert-OH is 1. The van der Waals surface area contributed by atoms with E-state index in [2.05, 4.69) is 38.1 Å². The van der Waals surface area contributed by atoms with Gasteiger partial charge in [0.15, 0.2) is 0 Å². The van der Waals surface area contributed by atoms with Gasteiger partial charge in [0.1, 0.15) is 17.6 Å². The summed E-state index contributed by atoms with van der Waals surface area (Å²) >= 11 is 0. The van der Waals surface area contributed by atoms with Crippen molar-refractivity contribution in [3.05, 3.63) is 108 Å². The van der Waals surface area contributed by atoms with Crippen molar-refractivity contribution in [2.24, 2.45) is 0 Å². The maximum Gasteiger partial charge on any atom is 0.127 e. The maximum atomic E-state index is 10.9. The lowest BCUT2D eigenvalue weighted by Crippen LogP contribution is -2.00. The fourth-order valence-electron chi connectivity index (χ4n) is 3.55. The third-order valence-corrected chi connectivity index (χ3v) is 5.56. The number of ether oxygens (including phenoxy) is 1. The van der Waals surface area contributed by atoms with Crippen LogP contribution in [-0.2, 0) is 0 Å². The SMILES string of the molecule is CCC(C)c1ccc(Oc2cccc(C(O)c3ccc4ccccc4c3)c2)cc1. The molecule has 2 atom stereocenters. The Bertz CT molecular complexity index is 1100. The van der Waals surface area contributed by atoms with Crippen molar-refractivity contribution in [3.63, 3.8) is 0 Å². The first kappa shape index (κ1) is 19.2. The minimum absolute atomic E-state index is 0.546. The summed E-state index contributed by atoms with van der Waals surface area (Å²) in [5.41, 5.74) is 3.01. The molecule has 2 nitrogen and oxygen atoms in total. The highest BCUT2D eigenvalue weighted by atomic mass is 16.5. The monoisotopic (exact) mass is 382 g/mol. The number of fused-ring (bicyclic) bond motifs is 1. The van der Waals surface area contributed by atoms with E-state index in [0.29, 0.717) is 5.92 Å². The zero-order chi connectivity index (χ0) is 20.2. The van der Waals surface area contributed by atoms with Gasteiger partial charge in [0.2, 0.25) is 0 Å². The molecule has 2 heteroatoms. The van der Waals surface area contributed by atoms with Crippen LogP contribution in [-0.4, -0.2) is 5.11 Å². The number of hydrogen-bond acceptors (Lipinski definition) is 2. The molecule has 1 N–H and O–H groups in total. The molecule has 0 saturated carbocycles. The van der Waals surface area contributed by atoms with Gasteiger partial charge in [0.25, 0.3) is 0 Å². The van der Waals surface area contributed by atoms with Crippen LogP contribution in [0.1, 0.15) is 49.0 Å². The first-order valence-corrected chi connectivity index (χ1v) is 10.2. The van der Waals surface area contributed by atoms with Crippen LogP contribution in [0.2, 0.25) is 0 Å². The predicted molar refractivity (Wildman–Crippen MR) is 120 cm³/mol. The average Bonchev–Trinajstić information content (AvgIpc) is 2.78. The Hall–Kier alpha value is -3.10. The minimum Gasteiger partial charge on any atom is -0.457 e. The van der Waals surface area contributed by atoms with E-state index in [1.54, 1.807) is 0 Å². The quantitative estimate of drug-likeness (QED) is 0.381. The molecule has 0 heterocycles. The van der Waals surface area contributed by atoms with E-state index in [9.17, 15) is 5.11 Å². The standard InChI is InChI=1S/C27H26O2/c1-3-19(2)20-13-15-25(16-14-20)29-26-10-6-9-23(18-26)27(28)24-12-11-21-7-4-5-8-22(21)17-24/h4-19,27-28H,3H2,1-2H3. The fraction of sp³-hybridized carbons (Fsp3) is 0.185. The average molecular weight is 383 g/mol. The van der Waals surface area contributed by atoms with Crippen LogP contribution in [0.25, 0.3) is 10.8 Å². The molecule has 0 aliphatic rings. The molecule has 0 aliphatic heterocycles. The summed E-state index contributed by atoms with van der Waals surface area (Å²) in [5.74, 6) is 2.07. The van der Waals surface area contributed by atoms with Crippen molar-refractivity contribution >= 4 is 10.8 Å². The summed E-state index contributed by atoms with van der Waals surface area (Å²) in [5, 5.41) is 13.2. The van der Waals surface area contributed by atoms with Crippen LogP contribution >= 0.6 is 0 Å². The van der Waals surface area contributed by atoms with Crippen molar-refractivity contribution in [1.82, 2.24) is 0 Å². The summed E-state index contributed by atoms with van der Waals surface area (Å²) in [6.07, 6.45) is 0.422. The molecule has 4 aromatic carbocycles.